The molecule has 9 aromatic rings. The molecule has 800 valence electrons. The number of halogens is 15. The van der Waals surface area contributed by atoms with Gasteiger partial charge in [-0.25, -0.2) is 60.7 Å². The Morgan fingerprint density at radius 1 is 0.523 bits per heavy atom. The smallest absolute Gasteiger partial charge is 0.433 e. The molecular formula is C90H87Cl6F9N16O28. The Kier molecular flexibility index (Phi) is 43.1. The number of alkyl halides is 3. The zero-order valence-electron chi connectivity index (χ0n) is 80.4. The van der Waals surface area contributed by atoms with Crippen LogP contribution in [-0.2, 0) is 80.2 Å². The van der Waals surface area contributed by atoms with E-state index in [-0.39, 0.29) is 156 Å². The predicted octanol–water partition coefficient (Wildman–Crippen LogP) is 15.4. The summed E-state index contributed by atoms with van der Waals surface area (Å²) >= 11 is 35.1. The number of aryl methyl sites for hydroxylation is 2. The van der Waals surface area contributed by atoms with E-state index in [2.05, 4.69) is 44.9 Å². The van der Waals surface area contributed by atoms with Gasteiger partial charge in [0.25, 0.3) is 17.1 Å². The number of nitro groups is 3. The number of nitro benzene ring substituents is 3. The van der Waals surface area contributed by atoms with Crippen LogP contribution in [-0.4, -0.2) is 178 Å². The largest absolute Gasteiger partial charge is 0.463 e. The van der Waals surface area contributed by atoms with E-state index in [9.17, 15) is 123 Å². The summed E-state index contributed by atoms with van der Waals surface area (Å²) in [6, 6.07) is 14.3. The number of carbonyl (C=O) groups excluding carboxylic acids is 6. The third-order valence-electron chi connectivity index (χ3n) is 19.8. The summed E-state index contributed by atoms with van der Waals surface area (Å²) in [5.41, 5.74) is 0.892. The van der Waals surface area contributed by atoms with E-state index < -0.39 is 153 Å². The first kappa shape index (κ1) is 122. The van der Waals surface area contributed by atoms with Crippen molar-refractivity contribution in [2.24, 2.45) is 38.6 Å². The molecule has 0 fully saturated rings. The average Bonchev–Trinajstić information content (AvgIpc) is 1.62. The summed E-state index contributed by atoms with van der Waals surface area (Å²) in [6.45, 7) is 20.4. The molecule has 0 bridgehead atoms. The predicted molar refractivity (Wildman–Crippen MR) is 520 cm³/mol. The van der Waals surface area contributed by atoms with Crippen LogP contribution < -0.4 is 44.5 Å². The lowest BCUT2D eigenvalue weighted by Crippen LogP contribution is -2.39. The number of ether oxygens (including phenoxy) is 5. The van der Waals surface area contributed by atoms with Gasteiger partial charge in [0.05, 0.1) is 130 Å². The number of nitrogens with one attached hydrogen (secondary N) is 1. The van der Waals surface area contributed by atoms with Gasteiger partial charge in [0.15, 0.2) is 12.0 Å². The topological polar surface area (TPSA) is 594 Å². The minimum absolute atomic E-state index is 0.00121. The Hall–Kier alpha value is -15.6. The van der Waals surface area contributed by atoms with Crippen LogP contribution in [0.15, 0.2) is 157 Å². The van der Waals surface area contributed by atoms with Crippen molar-refractivity contribution in [2.75, 3.05) is 57.8 Å². The summed E-state index contributed by atoms with van der Waals surface area (Å²) in [4.78, 5) is 185. The van der Waals surface area contributed by atoms with Crippen molar-refractivity contribution in [3.63, 3.8) is 0 Å². The number of benzene rings is 6. The fraction of sp³-hybridized carbons (Fsp3) is 0.322. The molecule has 0 radical (unpaired) electrons. The first-order chi connectivity index (χ1) is 69.5. The number of H-pyrrole nitrogens is 1. The molecule has 4 aliphatic rings. The van der Waals surface area contributed by atoms with E-state index in [4.69, 9.17) is 125 Å². The minimum atomic E-state index is -4.64. The first-order valence-electron chi connectivity index (χ1n) is 42.5. The molecule has 13 rings (SSSR count). The number of aromatic nitrogens is 5. The minimum Gasteiger partial charge on any atom is -0.463 e. The number of aldehydes is 1. The van der Waals surface area contributed by atoms with Crippen LogP contribution in [0, 0.1) is 79.1 Å². The second-order valence-corrected chi connectivity index (χ2v) is 34.1. The molecule has 6 N–H and O–H groups in total. The molecule has 7 heterocycles. The molecule has 0 saturated carbocycles. The van der Waals surface area contributed by atoms with Crippen LogP contribution in [0.5, 0.6) is 0 Å². The molecule has 44 nitrogen and oxygen atoms in total. The van der Waals surface area contributed by atoms with E-state index in [0.29, 0.717) is 56.5 Å². The van der Waals surface area contributed by atoms with Crippen LogP contribution >= 0.6 is 69.6 Å². The second kappa shape index (κ2) is 52.6. The van der Waals surface area contributed by atoms with Crippen molar-refractivity contribution in [3.05, 3.63) is 301 Å². The van der Waals surface area contributed by atoms with Crippen molar-refractivity contribution in [2.45, 2.75) is 137 Å². The molecule has 0 aliphatic carbocycles. The van der Waals surface area contributed by atoms with Crippen molar-refractivity contribution in [1.29, 1.82) is 0 Å². The number of carbonyl (C=O) groups is 6. The number of anilines is 2. The van der Waals surface area contributed by atoms with Crippen LogP contribution in [0.1, 0.15) is 150 Å². The van der Waals surface area contributed by atoms with Crippen molar-refractivity contribution in [3.8, 4) is 11.4 Å². The fourth-order valence-electron chi connectivity index (χ4n) is 12.4. The van der Waals surface area contributed by atoms with Crippen LogP contribution in [0.3, 0.4) is 0 Å². The van der Waals surface area contributed by atoms with Gasteiger partial charge in [-0.1, -0.05) is 95.4 Å². The standard InChI is InChI=1S/C19H19ClFN3O5.C18H17ClFN3O5.C13H12ClFN2O5.C13H14ClFN2O3.C7H4ClFN2O3.C7H3ClFNO3.C7H7F3N2O2.C6H11NO2/c1-5-28-17(26)19(3)9-14(22-29-19)11-7-15(13(21)8-12(11)20)24-16(25)6-10(2)23(4)18(24)27;1-4-27-16(25)18(3)8-13(22-28-18)10-6-14(12(20)7-11(10)19)23-15(24)5-9(2)21-17(23)26;1-3-21-12(18)13(2)6-10(16-22-13)7-4-11(17(19)20)9(15)5-8(7)14;1-3-19-12(18)13(2)6-11(17-20-13)7-4-10(16)9(15)5-8(7)14;8-5-2-6(9)7(11(13)14)1-4(5)3-10-12;8-5-2-6(9)7(10(12)13)1-4(5)3-11;1-12(2)6-11-4(7(8,9)10)3-5(13)14-6;1-3-9-6(8)4-5(2)7/h6-8H,5,9H2,1-4H3;5-7H,4,8H2,1-3H3,(H,21,26);4-5H,3,6H2,1-2H3;4-5H,3,6,16H2,1-2H3;1-3,12H;1-3H;3H,1-2H3;4H,3,7H2,1-2H3/b;;;;10-3+;;;5-4-. The lowest BCUT2D eigenvalue weighted by Gasteiger charge is -2.18. The molecule has 4 aliphatic heterocycles. The number of oxime groups is 5. The molecular weight excluding hydrogens is 2140 g/mol. The fourth-order valence-corrected chi connectivity index (χ4v) is 13.8. The van der Waals surface area contributed by atoms with Crippen molar-refractivity contribution < 1.29 is 136 Å². The zero-order valence-corrected chi connectivity index (χ0v) is 84.9. The lowest BCUT2D eigenvalue weighted by molar-refractivity contribution is -0.387. The molecule has 0 saturated heterocycles. The Labute approximate surface area is 864 Å². The number of rotatable bonds is 22. The van der Waals surface area contributed by atoms with E-state index in [1.807, 2.05) is 0 Å². The summed E-state index contributed by atoms with van der Waals surface area (Å²) in [5.74, 6) is -8.15. The molecule has 0 amide bonds. The summed E-state index contributed by atoms with van der Waals surface area (Å²) in [5, 5.41) is 57.4. The van der Waals surface area contributed by atoms with E-state index in [0.717, 1.165) is 60.8 Å². The molecule has 6 aromatic carbocycles. The maximum absolute atomic E-state index is 14.6. The molecule has 4 unspecified atom stereocenters. The third-order valence-corrected chi connectivity index (χ3v) is 21.7. The maximum atomic E-state index is 14.6. The van der Waals surface area contributed by atoms with E-state index in [1.54, 1.807) is 55.4 Å². The SMILES string of the molecule is CCOC(=O)/C=C(/C)N.CCOC(=O)C1(C)CC(c2cc(-n3c(=O)cc(C)[nH]c3=O)c(F)cc2Cl)=NO1.CCOC(=O)C1(C)CC(c2cc(-n3c(=O)cc(C)n(C)c3=O)c(F)cc2Cl)=NO1.CCOC(=O)C1(C)CC(c2cc(N)c(F)cc2Cl)=NO1.CCOC(=O)C1(C)CC(c2cc([N+](=O)[O-])c(F)cc2Cl)=NO1.CN(C)c1nc(C(F)(F)F)cc(=O)o1.O=Cc1cc([N+](=O)[O-])c(F)cc1Cl.O=[N+]([O-])c1cc(/C=N/O)c(Cl)cc1F. The number of allylic oxidation sites excluding steroid dienone is 1. The molecule has 0 spiro atoms. The highest BCUT2D eigenvalue weighted by atomic mass is 35.5. The molecule has 59 heteroatoms. The van der Waals surface area contributed by atoms with Gasteiger partial charge in [-0.3, -0.25) is 44.7 Å². The Balaban J connectivity index is 0.000000266. The van der Waals surface area contributed by atoms with Gasteiger partial charge in [-0.15, -0.1) is 0 Å². The number of nitrogens with two attached hydrogens (primary N) is 2. The molecule has 4 atom stereocenters. The summed E-state index contributed by atoms with van der Waals surface area (Å²) in [6.07, 6.45) is -1.94. The number of aromatic amines is 1. The van der Waals surface area contributed by atoms with Gasteiger partial charge in [0, 0.05) is 152 Å². The quantitative estimate of drug-likeness (QED) is 0.00468. The second-order valence-electron chi connectivity index (χ2n) is 31.6. The van der Waals surface area contributed by atoms with E-state index >= 15 is 0 Å². The highest BCUT2D eigenvalue weighted by Gasteiger charge is 2.49. The average molecular weight is 2220 g/mol. The van der Waals surface area contributed by atoms with Crippen molar-refractivity contribution >= 4 is 164 Å². The zero-order chi connectivity index (χ0) is 112. The number of nitrogen functional groups attached to an aromatic ring is 1. The van der Waals surface area contributed by atoms with Gasteiger partial charge >= 0.3 is 70.1 Å². The summed E-state index contributed by atoms with van der Waals surface area (Å²) in [7, 11) is 4.32. The number of nitrogens with zero attached hydrogens (tertiary/aromatic N) is 13. The van der Waals surface area contributed by atoms with Crippen LogP contribution in [0.4, 0.5) is 68.3 Å². The normalized spacial score (nSPS) is 16.5. The first-order valence-corrected chi connectivity index (χ1v) is 44.7. The van der Waals surface area contributed by atoms with E-state index in [1.165, 1.54) is 94.7 Å². The molecule has 149 heavy (non-hydrogen) atoms. The van der Waals surface area contributed by atoms with Crippen LogP contribution in [0.2, 0.25) is 30.1 Å². The van der Waals surface area contributed by atoms with Gasteiger partial charge in [-0.2, -0.15) is 31.3 Å². The monoisotopic (exact) mass is 2220 g/mol. The number of esters is 5. The van der Waals surface area contributed by atoms with Gasteiger partial charge in [0.2, 0.25) is 39.9 Å². The van der Waals surface area contributed by atoms with Crippen molar-refractivity contribution in [1.82, 2.24) is 23.7 Å². The maximum Gasteiger partial charge on any atom is 0.433 e. The highest BCUT2D eigenvalue weighted by molar-refractivity contribution is 6.37. The Morgan fingerprint density at radius 3 is 1.22 bits per heavy atom. The highest BCUT2D eigenvalue weighted by Crippen LogP contribution is 2.39. The third kappa shape index (κ3) is 31.7. The Bertz CT molecular complexity index is 7170. The molecule has 3 aromatic heterocycles. The van der Waals surface area contributed by atoms with Gasteiger partial charge in [0.1, 0.15) is 17.5 Å². The Morgan fingerprint density at radius 2 is 0.866 bits per heavy atom. The van der Waals surface area contributed by atoms with Gasteiger partial charge < -0.3 is 78.6 Å². The number of hydrogen-bond acceptors (Lipinski definition) is 37. The lowest BCUT2D eigenvalue weighted by atomic mass is 9.95. The van der Waals surface area contributed by atoms with Gasteiger partial charge in [-0.05, 0) is 119 Å². The number of hydrogen-bond donors (Lipinski definition) is 4. The summed E-state index contributed by atoms with van der Waals surface area (Å²) < 4.78 is 149. The van der Waals surface area contributed by atoms with Crippen LogP contribution in [0.25, 0.3) is 11.4 Å².